The standard InChI is InChI=1S/C19H32O2.C13H18O4.C6H12O2.6CH4/c1-6-17(2,3)16(20)21-18(4,5)19-10-13-7-14(11-19)9-15(8-13)12-19;1-3-6(2)12(14)16-10-7-4-8-9(5-7)13(15)17-11(8)10;1-4-6(2,3)5(7)8;;;;;;/h13-15H,6-12H2,1-5H3;6-11H,3-5H2,1-2H3;4H2,1-3H3,(H,7,8);6*1H4. The molecule has 6 aliphatic carbocycles. The van der Waals surface area contributed by atoms with Crippen molar-refractivity contribution in [3.63, 3.8) is 0 Å². The highest BCUT2D eigenvalue weighted by atomic mass is 16.6. The molecule has 6 atom stereocenters. The number of carboxylic acids is 1. The van der Waals surface area contributed by atoms with Crippen LogP contribution in [0.5, 0.6) is 0 Å². The molecule has 1 heterocycles. The Balaban J connectivity index is -0.000000708. The van der Waals surface area contributed by atoms with Crippen LogP contribution in [0, 0.1) is 57.7 Å². The van der Waals surface area contributed by atoms with E-state index < -0.39 is 11.4 Å². The molecular weight excluding hydrogens is 656 g/mol. The van der Waals surface area contributed by atoms with Crippen molar-refractivity contribution in [2.45, 2.75) is 202 Å². The quantitative estimate of drug-likeness (QED) is 0.183. The number of carboxylic acid groups (broad SMARTS) is 1. The van der Waals surface area contributed by atoms with Crippen LogP contribution in [-0.2, 0) is 33.4 Å². The molecule has 0 spiro atoms. The first-order valence-corrected chi connectivity index (χ1v) is 18.2. The molecule has 0 aromatic carbocycles. The highest BCUT2D eigenvalue weighted by Crippen LogP contribution is 2.64. The van der Waals surface area contributed by atoms with E-state index in [0.717, 1.165) is 43.4 Å². The molecule has 0 aromatic heterocycles. The zero-order valence-electron chi connectivity index (χ0n) is 30.3. The molecule has 6 unspecified atom stereocenters. The molecule has 0 amide bonds. The number of fused-ring (bicyclic) bond motifs is 1. The van der Waals surface area contributed by atoms with Crippen molar-refractivity contribution < 1.29 is 38.5 Å². The van der Waals surface area contributed by atoms with E-state index in [4.69, 9.17) is 19.3 Å². The third-order valence-corrected chi connectivity index (χ3v) is 13.2. The molecule has 8 heteroatoms. The first kappa shape index (κ1) is 54.2. The van der Waals surface area contributed by atoms with E-state index in [2.05, 4.69) is 20.8 Å². The number of ether oxygens (including phenoxy) is 3. The minimum absolute atomic E-state index is 0. The largest absolute Gasteiger partial charge is 0.481 e. The number of aliphatic carboxylic acids is 1. The third-order valence-electron chi connectivity index (χ3n) is 13.2. The van der Waals surface area contributed by atoms with Gasteiger partial charge in [-0.2, -0.15) is 0 Å². The van der Waals surface area contributed by atoms with Gasteiger partial charge in [-0.3, -0.25) is 19.2 Å². The van der Waals surface area contributed by atoms with Crippen LogP contribution in [0.25, 0.3) is 0 Å². The molecule has 0 radical (unpaired) electrons. The Hall–Kier alpha value is -2.12. The molecule has 1 N–H and O–H groups in total. The highest BCUT2D eigenvalue weighted by Gasteiger charge is 2.63. The fourth-order valence-corrected chi connectivity index (χ4v) is 9.10. The van der Waals surface area contributed by atoms with Gasteiger partial charge in [0.25, 0.3) is 0 Å². The van der Waals surface area contributed by atoms with Crippen LogP contribution in [0.4, 0.5) is 0 Å². The molecule has 52 heavy (non-hydrogen) atoms. The van der Waals surface area contributed by atoms with E-state index in [1.54, 1.807) is 13.8 Å². The summed E-state index contributed by atoms with van der Waals surface area (Å²) in [5, 5.41) is 8.44. The summed E-state index contributed by atoms with van der Waals surface area (Å²) in [4.78, 5) is 46.2. The average Bonchev–Trinajstić information content (AvgIpc) is 3.62. The molecule has 7 rings (SSSR count). The normalized spacial score (nSPS) is 31.6. The molecule has 1 aliphatic heterocycles. The van der Waals surface area contributed by atoms with E-state index in [1.165, 1.54) is 38.5 Å². The molecule has 6 saturated carbocycles. The SMILES string of the molecule is C.C.C.C.C.C.CCC(C)(C)C(=O)O.CCC(C)(C)C(=O)OC(C)(C)C12CC3CC(CC(C3)C1)C2.CCC(C)C(=O)OC1C2CC3C(=O)OC1C3C2. The average molecular weight is 743 g/mol. The summed E-state index contributed by atoms with van der Waals surface area (Å²) in [5.41, 5.74) is -0.965. The topological polar surface area (TPSA) is 116 Å². The summed E-state index contributed by atoms with van der Waals surface area (Å²) in [6.45, 7) is 19.6. The Morgan fingerprint density at radius 1 is 0.788 bits per heavy atom. The van der Waals surface area contributed by atoms with Gasteiger partial charge >= 0.3 is 23.9 Å². The third kappa shape index (κ3) is 10.8. The van der Waals surface area contributed by atoms with E-state index >= 15 is 0 Å². The van der Waals surface area contributed by atoms with Crippen LogP contribution in [0.1, 0.15) is 184 Å². The molecule has 1 saturated heterocycles. The predicted octanol–water partition coefficient (Wildman–Crippen LogP) is 11.8. The number of rotatable bonds is 9. The Kier molecular flexibility index (Phi) is 20.8. The van der Waals surface area contributed by atoms with E-state index in [-0.39, 0.29) is 103 Å². The van der Waals surface area contributed by atoms with Crippen LogP contribution in [0.15, 0.2) is 0 Å². The Morgan fingerprint density at radius 2 is 1.25 bits per heavy atom. The fourth-order valence-electron chi connectivity index (χ4n) is 9.10. The van der Waals surface area contributed by atoms with Gasteiger partial charge in [0.1, 0.15) is 17.8 Å². The van der Waals surface area contributed by atoms with Crippen molar-refractivity contribution >= 4 is 23.9 Å². The van der Waals surface area contributed by atoms with Crippen molar-refractivity contribution in [3.05, 3.63) is 0 Å². The molecule has 0 aromatic rings. The van der Waals surface area contributed by atoms with Gasteiger partial charge in [-0.15, -0.1) is 0 Å². The van der Waals surface area contributed by atoms with Crippen molar-refractivity contribution in [2.75, 3.05) is 0 Å². The Bertz CT molecular complexity index is 1120. The number of esters is 3. The maximum atomic E-state index is 12.6. The van der Waals surface area contributed by atoms with Crippen LogP contribution in [0.3, 0.4) is 0 Å². The molecule has 6 bridgehead atoms. The first-order chi connectivity index (χ1) is 21.3. The number of carbonyl (C=O) groups is 4. The monoisotopic (exact) mass is 743 g/mol. The lowest BCUT2D eigenvalue weighted by atomic mass is 9.46. The number of carbonyl (C=O) groups excluding carboxylic acids is 3. The van der Waals surface area contributed by atoms with Gasteiger partial charge in [0, 0.05) is 17.3 Å². The van der Waals surface area contributed by atoms with Crippen LogP contribution < -0.4 is 0 Å². The lowest BCUT2D eigenvalue weighted by Gasteiger charge is -2.61. The summed E-state index contributed by atoms with van der Waals surface area (Å²) in [7, 11) is 0. The molecule has 7 aliphatic rings. The molecule has 8 nitrogen and oxygen atoms in total. The van der Waals surface area contributed by atoms with Gasteiger partial charge < -0.3 is 19.3 Å². The number of hydrogen-bond acceptors (Lipinski definition) is 7. The smallest absolute Gasteiger partial charge is 0.312 e. The first-order valence-electron chi connectivity index (χ1n) is 18.2. The van der Waals surface area contributed by atoms with Crippen LogP contribution >= 0.6 is 0 Å². The van der Waals surface area contributed by atoms with Crippen molar-refractivity contribution in [1.82, 2.24) is 0 Å². The van der Waals surface area contributed by atoms with Gasteiger partial charge in [0.05, 0.1) is 22.7 Å². The zero-order valence-corrected chi connectivity index (χ0v) is 30.3. The van der Waals surface area contributed by atoms with Gasteiger partial charge in [-0.1, -0.05) is 72.3 Å². The maximum absolute atomic E-state index is 12.6. The molecular formula is C44H86O8. The Labute approximate surface area is 321 Å². The van der Waals surface area contributed by atoms with E-state index in [1.807, 2.05) is 34.6 Å². The zero-order chi connectivity index (χ0) is 34.4. The van der Waals surface area contributed by atoms with Crippen molar-refractivity contribution in [2.24, 2.45) is 57.7 Å². The lowest BCUT2D eigenvalue weighted by Crippen LogP contribution is -2.58. The van der Waals surface area contributed by atoms with Crippen LogP contribution in [0.2, 0.25) is 0 Å². The minimum Gasteiger partial charge on any atom is -0.481 e. The lowest BCUT2D eigenvalue weighted by molar-refractivity contribution is -0.206. The predicted molar refractivity (Wildman–Crippen MR) is 216 cm³/mol. The summed E-state index contributed by atoms with van der Waals surface area (Å²) < 4.78 is 17.0. The minimum atomic E-state index is -0.722. The second-order valence-corrected chi connectivity index (χ2v) is 17.5. The summed E-state index contributed by atoms with van der Waals surface area (Å²) in [5.74, 6) is 2.40. The van der Waals surface area contributed by atoms with Gasteiger partial charge in [0.15, 0.2) is 0 Å². The maximum Gasteiger partial charge on any atom is 0.312 e. The van der Waals surface area contributed by atoms with Gasteiger partial charge in [0.2, 0.25) is 0 Å². The highest BCUT2D eigenvalue weighted by molar-refractivity contribution is 5.77. The van der Waals surface area contributed by atoms with Crippen LogP contribution in [-0.4, -0.2) is 46.8 Å². The summed E-state index contributed by atoms with van der Waals surface area (Å²) in [6, 6.07) is 0. The van der Waals surface area contributed by atoms with Crippen molar-refractivity contribution in [1.29, 1.82) is 0 Å². The summed E-state index contributed by atoms with van der Waals surface area (Å²) >= 11 is 0. The second-order valence-electron chi connectivity index (χ2n) is 17.5. The molecule has 7 fully saturated rings. The summed E-state index contributed by atoms with van der Waals surface area (Å²) in [6.07, 6.45) is 12.0. The van der Waals surface area contributed by atoms with Gasteiger partial charge in [-0.25, -0.2) is 0 Å². The van der Waals surface area contributed by atoms with E-state index in [0.29, 0.717) is 18.3 Å². The fraction of sp³-hybridized carbons (Fsp3) is 0.909. The molecule has 310 valence electrons. The second kappa shape index (κ2) is 20.0. The Morgan fingerprint density at radius 3 is 1.63 bits per heavy atom. The number of hydrogen-bond donors (Lipinski definition) is 1. The van der Waals surface area contributed by atoms with E-state index in [9.17, 15) is 19.2 Å². The van der Waals surface area contributed by atoms with Gasteiger partial charge in [-0.05, 0) is 130 Å². The van der Waals surface area contributed by atoms with Crippen molar-refractivity contribution in [3.8, 4) is 0 Å².